The van der Waals surface area contributed by atoms with E-state index in [1.165, 1.54) is 0 Å². The first-order valence-electron chi connectivity index (χ1n) is 5.05. The predicted molar refractivity (Wildman–Crippen MR) is 85.0 cm³/mol. The minimum absolute atomic E-state index is 0.202. The van der Waals surface area contributed by atoms with Crippen LogP contribution in [-0.2, 0) is 0 Å². The molecule has 0 radical (unpaired) electrons. The quantitative estimate of drug-likeness (QED) is 0.335. The molecule has 3 nitrogen and oxygen atoms in total. The van der Waals surface area contributed by atoms with E-state index in [1.807, 2.05) is 0 Å². The summed E-state index contributed by atoms with van der Waals surface area (Å²) in [5.74, 6) is 0.384. The molecule has 3 rings (SSSR count). The monoisotopic (exact) mass is 465 g/mol. The standard InChI is InChI=1S/C12H3Br3ClNO2/c13-7-8(14)11(18)9(15)12-10(7)17-5-2-1-4(16)3-6(5)19-12/h1-3H. The topological polar surface area (TPSA) is 43.1 Å². The second-order valence-electron chi connectivity index (χ2n) is 3.77. The third kappa shape index (κ3) is 2.14. The summed E-state index contributed by atoms with van der Waals surface area (Å²) in [5, 5.41) is 0.548. The molecule has 19 heavy (non-hydrogen) atoms. The lowest BCUT2D eigenvalue weighted by Gasteiger charge is -2.10. The van der Waals surface area contributed by atoms with Gasteiger partial charge in [0, 0.05) is 11.1 Å². The Balaban J connectivity index is 2.55. The van der Waals surface area contributed by atoms with Crippen molar-refractivity contribution in [2.75, 3.05) is 0 Å². The fraction of sp³-hybridized carbons (Fsp3) is 0. The molecule has 0 fully saturated rings. The van der Waals surface area contributed by atoms with Crippen LogP contribution in [0.5, 0.6) is 0 Å². The van der Waals surface area contributed by atoms with E-state index in [1.54, 1.807) is 18.2 Å². The Morgan fingerprint density at radius 2 is 1.84 bits per heavy atom. The van der Waals surface area contributed by atoms with Crippen molar-refractivity contribution in [2.45, 2.75) is 0 Å². The third-order valence-corrected chi connectivity index (χ3v) is 5.60. The maximum atomic E-state index is 12.0. The summed E-state index contributed by atoms with van der Waals surface area (Å²) in [4.78, 5) is 16.5. The van der Waals surface area contributed by atoms with Crippen LogP contribution in [0.1, 0.15) is 0 Å². The summed E-state index contributed by atoms with van der Waals surface area (Å²) in [6, 6.07) is 5.16. The Bertz CT molecular complexity index is 847. The fourth-order valence-electron chi connectivity index (χ4n) is 1.69. The number of aromatic nitrogens is 1. The van der Waals surface area contributed by atoms with Crippen LogP contribution in [0.15, 0.2) is 40.8 Å². The van der Waals surface area contributed by atoms with Crippen molar-refractivity contribution in [1.29, 1.82) is 0 Å². The molecule has 1 heterocycles. The molecule has 0 spiro atoms. The molecule has 0 N–H and O–H groups in total. The van der Waals surface area contributed by atoms with Crippen LogP contribution in [0.25, 0.3) is 22.6 Å². The van der Waals surface area contributed by atoms with Gasteiger partial charge in [0.2, 0.25) is 5.43 Å². The lowest BCUT2D eigenvalue weighted by atomic mass is 10.2. The molecule has 0 atom stereocenters. The maximum absolute atomic E-state index is 12.0. The van der Waals surface area contributed by atoms with Crippen molar-refractivity contribution >= 4 is 70.5 Å². The Kier molecular flexibility index (Phi) is 3.45. The first-order valence-corrected chi connectivity index (χ1v) is 7.81. The average molecular weight is 468 g/mol. The molecule has 2 aliphatic rings. The second kappa shape index (κ2) is 4.84. The summed E-state index contributed by atoms with van der Waals surface area (Å²) in [7, 11) is 0. The smallest absolute Gasteiger partial charge is 0.212 e. The molecule has 1 aliphatic heterocycles. The highest BCUT2D eigenvalue weighted by atomic mass is 79.9. The number of halogens is 4. The Hall–Kier alpha value is -0.430. The van der Waals surface area contributed by atoms with Crippen molar-refractivity contribution < 1.29 is 4.42 Å². The molecular formula is C12H3Br3ClNO2. The first-order chi connectivity index (χ1) is 8.99. The highest BCUT2D eigenvalue weighted by molar-refractivity contribution is 9.13. The summed E-state index contributed by atoms with van der Waals surface area (Å²) in [6.45, 7) is 0. The van der Waals surface area contributed by atoms with Crippen LogP contribution < -0.4 is 5.43 Å². The number of rotatable bonds is 0. The molecule has 0 saturated heterocycles. The largest absolute Gasteiger partial charge is 0.451 e. The number of fused-ring (bicyclic) bond motifs is 2. The van der Waals surface area contributed by atoms with E-state index in [4.69, 9.17) is 16.0 Å². The minimum atomic E-state index is -0.202. The van der Waals surface area contributed by atoms with Gasteiger partial charge in [-0.15, -0.1) is 0 Å². The summed E-state index contributed by atoms with van der Waals surface area (Å²) in [5.41, 5.74) is 1.55. The fourth-order valence-corrected chi connectivity index (χ4v) is 3.42. The molecule has 0 unspecified atom stereocenters. The molecule has 0 amide bonds. The third-order valence-electron chi connectivity index (χ3n) is 2.58. The zero-order chi connectivity index (χ0) is 13.7. The van der Waals surface area contributed by atoms with Gasteiger partial charge < -0.3 is 4.42 Å². The van der Waals surface area contributed by atoms with Gasteiger partial charge in [0.25, 0.3) is 0 Å². The Morgan fingerprint density at radius 3 is 2.58 bits per heavy atom. The van der Waals surface area contributed by atoms with Crippen LogP contribution in [0.2, 0.25) is 5.02 Å². The molecule has 96 valence electrons. The van der Waals surface area contributed by atoms with E-state index < -0.39 is 0 Å². The van der Waals surface area contributed by atoms with Crippen LogP contribution in [0, 0.1) is 0 Å². The minimum Gasteiger partial charge on any atom is -0.451 e. The Labute approximate surface area is 137 Å². The van der Waals surface area contributed by atoms with Gasteiger partial charge in [-0.05, 0) is 59.9 Å². The molecule has 0 bridgehead atoms. The van der Waals surface area contributed by atoms with Crippen LogP contribution >= 0.6 is 59.4 Å². The van der Waals surface area contributed by atoms with Crippen molar-refractivity contribution in [3.63, 3.8) is 0 Å². The highest BCUT2D eigenvalue weighted by Crippen LogP contribution is 2.38. The lowest BCUT2D eigenvalue weighted by Crippen LogP contribution is -2.08. The van der Waals surface area contributed by atoms with E-state index in [2.05, 4.69) is 52.8 Å². The molecule has 0 saturated carbocycles. The van der Waals surface area contributed by atoms with Crippen molar-refractivity contribution in [3.8, 4) is 11.5 Å². The first kappa shape index (κ1) is 13.5. The van der Waals surface area contributed by atoms with E-state index in [0.29, 0.717) is 41.0 Å². The molecule has 1 aromatic rings. The SMILES string of the molecule is O=c1c(Br)c2oc3cc(Cl)ccc3nc-2c(Br)c1Br. The van der Waals surface area contributed by atoms with Crippen molar-refractivity contribution in [1.82, 2.24) is 4.98 Å². The van der Waals surface area contributed by atoms with Gasteiger partial charge >= 0.3 is 0 Å². The van der Waals surface area contributed by atoms with Gasteiger partial charge in [-0.25, -0.2) is 4.98 Å². The van der Waals surface area contributed by atoms with Crippen molar-refractivity contribution in [3.05, 3.63) is 46.9 Å². The van der Waals surface area contributed by atoms with E-state index in [0.717, 1.165) is 0 Å². The second-order valence-corrected chi connectivity index (χ2v) is 6.59. The van der Waals surface area contributed by atoms with Gasteiger partial charge in [-0.3, -0.25) is 4.79 Å². The molecule has 1 aliphatic carbocycles. The number of hydrogen-bond acceptors (Lipinski definition) is 3. The van der Waals surface area contributed by atoms with Gasteiger partial charge in [0.15, 0.2) is 11.3 Å². The molecule has 7 heteroatoms. The predicted octanol–water partition coefficient (Wildman–Crippen LogP) is 5.23. The number of hydrogen-bond donors (Lipinski definition) is 0. The van der Waals surface area contributed by atoms with Gasteiger partial charge in [0.05, 0.1) is 8.95 Å². The normalized spacial score (nSPS) is 11.4. The van der Waals surface area contributed by atoms with Crippen LogP contribution in [-0.4, -0.2) is 4.98 Å². The molecule has 0 aromatic heterocycles. The van der Waals surface area contributed by atoms with Gasteiger partial charge in [0.1, 0.15) is 15.7 Å². The highest BCUT2D eigenvalue weighted by Gasteiger charge is 2.22. The van der Waals surface area contributed by atoms with Gasteiger partial charge in [-0.1, -0.05) is 11.6 Å². The lowest BCUT2D eigenvalue weighted by molar-refractivity contribution is 0.608. The van der Waals surface area contributed by atoms with Crippen LogP contribution in [0.4, 0.5) is 0 Å². The number of benzene rings is 2. The zero-order valence-electron chi connectivity index (χ0n) is 9.01. The Morgan fingerprint density at radius 1 is 1.11 bits per heavy atom. The zero-order valence-corrected chi connectivity index (χ0v) is 14.5. The maximum Gasteiger partial charge on any atom is 0.212 e. The van der Waals surface area contributed by atoms with Crippen LogP contribution in [0.3, 0.4) is 0 Å². The van der Waals surface area contributed by atoms with Crippen molar-refractivity contribution in [2.24, 2.45) is 0 Å². The average Bonchev–Trinajstić information content (AvgIpc) is 2.41. The van der Waals surface area contributed by atoms with E-state index in [9.17, 15) is 4.79 Å². The van der Waals surface area contributed by atoms with Gasteiger partial charge in [-0.2, -0.15) is 0 Å². The molecular weight excluding hydrogens is 465 g/mol. The van der Waals surface area contributed by atoms with E-state index in [-0.39, 0.29) is 5.43 Å². The molecule has 1 aromatic carbocycles. The summed E-state index contributed by atoms with van der Waals surface area (Å²) >= 11 is 15.7. The summed E-state index contributed by atoms with van der Waals surface area (Å²) < 4.78 is 7.03. The summed E-state index contributed by atoms with van der Waals surface area (Å²) in [6.07, 6.45) is 0. The van der Waals surface area contributed by atoms with E-state index >= 15 is 0 Å². The number of nitrogens with zero attached hydrogens (tertiary/aromatic N) is 1.